The Kier molecular flexibility index (Phi) is 4.55. The number of para-hydroxylation sites is 1. The highest BCUT2D eigenvalue weighted by Gasteiger charge is 2.24. The van der Waals surface area contributed by atoms with Crippen LogP contribution >= 0.6 is 11.3 Å². The number of methoxy groups -OCH3 is 1. The highest BCUT2D eigenvalue weighted by atomic mass is 32.1. The van der Waals surface area contributed by atoms with E-state index >= 15 is 0 Å². The topological polar surface area (TPSA) is 73.1 Å². The van der Waals surface area contributed by atoms with Gasteiger partial charge < -0.3 is 4.74 Å². The van der Waals surface area contributed by atoms with Crippen LogP contribution in [0.1, 0.15) is 16.2 Å². The van der Waals surface area contributed by atoms with E-state index in [0.29, 0.717) is 23.1 Å². The molecule has 0 fully saturated rings. The second-order valence-corrected chi connectivity index (χ2v) is 6.86. The van der Waals surface area contributed by atoms with Crippen LogP contribution in [0.25, 0.3) is 10.2 Å². The van der Waals surface area contributed by atoms with Crippen LogP contribution in [0.2, 0.25) is 0 Å². The maximum atomic E-state index is 13.2. The highest BCUT2D eigenvalue weighted by Crippen LogP contribution is 2.35. The van der Waals surface area contributed by atoms with Crippen molar-refractivity contribution in [3.63, 3.8) is 0 Å². The van der Waals surface area contributed by atoms with E-state index in [-0.39, 0.29) is 5.91 Å². The summed E-state index contributed by atoms with van der Waals surface area (Å²) in [4.78, 5) is 23.9. The molecule has 0 aliphatic heterocycles. The first kappa shape index (κ1) is 17.2. The lowest BCUT2D eigenvalue weighted by Gasteiger charge is -2.19. The van der Waals surface area contributed by atoms with Gasteiger partial charge in [-0.2, -0.15) is 5.10 Å². The zero-order valence-electron chi connectivity index (χ0n) is 14.9. The van der Waals surface area contributed by atoms with Gasteiger partial charge in [0.2, 0.25) is 0 Å². The Hall–Kier alpha value is -3.26. The minimum Gasteiger partial charge on any atom is -0.494 e. The molecule has 1 aromatic carbocycles. The number of amides is 1. The number of rotatable bonds is 5. The fourth-order valence-electron chi connectivity index (χ4n) is 2.79. The van der Waals surface area contributed by atoms with Crippen molar-refractivity contribution in [1.29, 1.82) is 0 Å². The summed E-state index contributed by atoms with van der Waals surface area (Å²) in [5.41, 5.74) is 2.00. The molecule has 7 nitrogen and oxygen atoms in total. The number of ether oxygens (including phenoxy) is 1. The van der Waals surface area contributed by atoms with E-state index in [4.69, 9.17) is 4.74 Å². The van der Waals surface area contributed by atoms with E-state index in [1.165, 1.54) is 11.3 Å². The lowest BCUT2D eigenvalue weighted by atomic mass is 10.3. The number of thiazole rings is 1. The molecule has 1 amide bonds. The number of carbonyl (C=O) groups excluding carboxylic acids is 1. The van der Waals surface area contributed by atoms with Crippen molar-refractivity contribution in [3.8, 4) is 5.75 Å². The summed E-state index contributed by atoms with van der Waals surface area (Å²) in [6.07, 6.45) is 3.32. The predicted molar refractivity (Wildman–Crippen MR) is 104 cm³/mol. The first-order chi connectivity index (χ1) is 13.2. The van der Waals surface area contributed by atoms with E-state index in [1.54, 1.807) is 42.2 Å². The number of benzene rings is 1. The molecular formula is C19H17N5O2S. The number of hydrogen-bond donors (Lipinski definition) is 0. The van der Waals surface area contributed by atoms with Crippen LogP contribution < -0.4 is 9.64 Å². The SMILES string of the molecule is COc1cccc2sc(N(Cc3ccccn3)C(=O)c3ccnn3C)nc12. The molecule has 0 N–H and O–H groups in total. The Morgan fingerprint density at radius 3 is 2.78 bits per heavy atom. The molecule has 0 saturated carbocycles. The first-order valence-electron chi connectivity index (χ1n) is 8.30. The van der Waals surface area contributed by atoms with E-state index < -0.39 is 0 Å². The Morgan fingerprint density at radius 2 is 2.07 bits per heavy atom. The zero-order valence-corrected chi connectivity index (χ0v) is 15.7. The maximum Gasteiger partial charge on any atom is 0.278 e. The molecule has 0 unspecified atom stereocenters. The third kappa shape index (κ3) is 3.26. The fourth-order valence-corrected chi connectivity index (χ4v) is 3.77. The molecular weight excluding hydrogens is 362 g/mol. The number of aromatic nitrogens is 4. The minimum atomic E-state index is -0.182. The van der Waals surface area contributed by atoms with Crippen LogP contribution in [0.4, 0.5) is 5.13 Å². The Morgan fingerprint density at radius 1 is 1.19 bits per heavy atom. The van der Waals surface area contributed by atoms with Gasteiger partial charge in [-0.15, -0.1) is 0 Å². The highest BCUT2D eigenvalue weighted by molar-refractivity contribution is 7.22. The molecule has 3 heterocycles. The lowest BCUT2D eigenvalue weighted by Crippen LogP contribution is -2.32. The summed E-state index contributed by atoms with van der Waals surface area (Å²) in [5.74, 6) is 0.499. The van der Waals surface area contributed by atoms with Gasteiger partial charge in [-0.05, 0) is 30.3 Å². The van der Waals surface area contributed by atoms with Crippen LogP contribution in [0.5, 0.6) is 5.75 Å². The third-order valence-corrected chi connectivity index (χ3v) is 5.20. The van der Waals surface area contributed by atoms with Crippen LogP contribution in [-0.2, 0) is 13.6 Å². The number of nitrogens with zero attached hydrogens (tertiary/aromatic N) is 5. The number of fused-ring (bicyclic) bond motifs is 1. The largest absolute Gasteiger partial charge is 0.494 e. The van der Waals surface area contributed by atoms with Gasteiger partial charge in [0.05, 0.1) is 24.0 Å². The average molecular weight is 379 g/mol. The molecule has 0 saturated heterocycles. The van der Waals surface area contributed by atoms with Gasteiger partial charge in [-0.25, -0.2) is 4.98 Å². The van der Waals surface area contributed by atoms with E-state index in [1.807, 2.05) is 36.4 Å². The molecule has 0 spiro atoms. The fraction of sp³-hybridized carbons (Fsp3) is 0.158. The van der Waals surface area contributed by atoms with Crippen LogP contribution in [0.15, 0.2) is 54.9 Å². The average Bonchev–Trinajstić information content (AvgIpc) is 3.32. The zero-order chi connectivity index (χ0) is 18.8. The summed E-state index contributed by atoms with van der Waals surface area (Å²) in [7, 11) is 3.35. The second kappa shape index (κ2) is 7.16. The van der Waals surface area contributed by atoms with Crippen molar-refractivity contribution in [2.24, 2.45) is 7.05 Å². The minimum absolute atomic E-state index is 0.182. The molecule has 0 radical (unpaired) electrons. The number of carbonyl (C=O) groups is 1. The monoisotopic (exact) mass is 379 g/mol. The molecule has 0 aliphatic carbocycles. The number of aryl methyl sites for hydroxylation is 1. The first-order valence-corrected chi connectivity index (χ1v) is 9.12. The third-order valence-electron chi connectivity index (χ3n) is 4.15. The van der Waals surface area contributed by atoms with Gasteiger partial charge in [0.25, 0.3) is 5.91 Å². The normalized spacial score (nSPS) is 10.9. The molecule has 0 aliphatic rings. The Labute approximate surface area is 159 Å². The van der Waals surface area contributed by atoms with Gasteiger partial charge in [-0.3, -0.25) is 19.4 Å². The molecule has 4 rings (SSSR count). The number of pyridine rings is 1. The molecule has 0 bridgehead atoms. The smallest absolute Gasteiger partial charge is 0.278 e. The van der Waals surface area contributed by atoms with Crippen LogP contribution in [0.3, 0.4) is 0 Å². The van der Waals surface area contributed by atoms with Gasteiger partial charge >= 0.3 is 0 Å². The lowest BCUT2D eigenvalue weighted by molar-refractivity contribution is 0.0975. The molecule has 27 heavy (non-hydrogen) atoms. The molecule has 4 aromatic rings. The van der Waals surface area contributed by atoms with Crippen molar-refractivity contribution in [2.75, 3.05) is 12.0 Å². The van der Waals surface area contributed by atoms with Crippen LogP contribution in [-0.4, -0.2) is 32.8 Å². The van der Waals surface area contributed by atoms with Gasteiger partial charge in [0.15, 0.2) is 5.13 Å². The van der Waals surface area contributed by atoms with Crippen molar-refractivity contribution >= 4 is 32.6 Å². The number of anilines is 1. The summed E-state index contributed by atoms with van der Waals surface area (Å²) < 4.78 is 7.91. The van der Waals surface area contributed by atoms with Crippen molar-refractivity contribution in [3.05, 3.63) is 66.2 Å². The quantitative estimate of drug-likeness (QED) is 0.532. The summed E-state index contributed by atoms with van der Waals surface area (Å²) in [6, 6.07) is 13.1. The van der Waals surface area contributed by atoms with E-state index in [0.717, 1.165) is 15.9 Å². The van der Waals surface area contributed by atoms with Crippen molar-refractivity contribution in [1.82, 2.24) is 19.7 Å². The molecule has 0 atom stereocenters. The standard InChI is InChI=1S/C19H17N5O2S/c1-23-14(9-11-21-23)18(25)24(12-13-6-3-4-10-20-13)19-22-17-15(26-2)7-5-8-16(17)27-19/h3-11H,12H2,1-2H3. The van der Waals surface area contributed by atoms with Gasteiger partial charge in [0.1, 0.15) is 17.0 Å². The number of hydrogen-bond acceptors (Lipinski definition) is 6. The second-order valence-electron chi connectivity index (χ2n) is 5.86. The Bertz CT molecular complexity index is 1090. The van der Waals surface area contributed by atoms with E-state index in [2.05, 4.69) is 15.1 Å². The van der Waals surface area contributed by atoms with Gasteiger partial charge in [0, 0.05) is 19.4 Å². The summed E-state index contributed by atoms with van der Waals surface area (Å²) in [6.45, 7) is 0.312. The maximum absolute atomic E-state index is 13.2. The molecule has 136 valence electrons. The van der Waals surface area contributed by atoms with Gasteiger partial charge in [-0.1, -0.05) is 23.5 Å². The summed E-state index contributed by atoms with van der Waals surface area (Å²) >= 11 is 1.44. The predicted octanol–water partition coefficient (Wildman–Crippen LogP) is 3.28. The van der Waals surface area contributed by atoms with Crippen LogP contribution in [0, 0.1) is 0 Å². The van der Waals surface area contributed by atoms with Crippen molar-refractivity contribution < 1.29 is 9.53 Å². The molecule has 8 heteroatoms. The van der Waals surface area contributed by atoms with Crippen molar-refractivity contribution in [2.45, 2.75) is 6.54 Å². The molecule has 3 aromatic heterocycles. The summed E-state index contributed by atoms with van der Waals surface area (Å²) in [5, 5.41) is 4.70. The Balaban J connectivity index is 1.80. The van der Waals surface area contributed by atoms with E-state index in [9.17, 15) is 4.79 Å².